The Balaban J connectivity index is 2.56. The Bertz CT molecular complexity index is 386. The van der Waals surface area contributed by atoms with E-state index >= 15 is 0 Å². The summed E-state index contributed by atoms with van der Waals surface area (Å²) in [4.78, 5) is 22.3. The molecule has 92 valence electrons. The van der Waals surface area contributed by atoms with Gasteiger partial charge in [-0.25, -0.2) is 4.79 Å². The van der Waals surface area contributed by atoms with E-state index in [2.05, 4.69) is 5.32 Å². The van der Waals surface area contributed by atoms with Crippen molar-refractivity contribution in [3.8, 4) is 5.75 Å². The Hall–Kier alpha value is -2.04. The molecule has 0 saturated heterocycles. The Morgan fingerprint density at radius 3 is 2.41 bits per heavy atom. The smallest absolute Gasteiger partial charge is 0.338 e. The zero-order chi connectivity index (χ0) is 12.7. The fourth-order valence-electron chi connectivity index (χ4n) is 1.12. The van der Waals surface area contributed by atoms with Gasteiger partial charge in [-0.1, -0.05) is 0 Å². The third kappa shape index (κ3) is 4.14. The summed E-state index contributed by atoms with van der Waals surface area (Å²) in [6, 6.07) is 6.43. The topological polar surface area (TPSA) is 64.6 Å². The Morgan fingerprint density at radius 1 is 1.24 bits per heavy atom. The van der Waals surface area contributed by atoms with Gasteiger partial charge in [-0.2, -0.15) is 0 Å². The van der Waals surface area contributed by atoms with Crippen molar-refractivity contribution < 1.29 is 19.1 Å². The number of hydrogen-bond acceptors (Lipinski definition) is 4. The van der Waals surface area contributed by atoms with Gasteiger partial charge < -0.3 is 14.8 Å². The molecule has 0 atom stereocenters. The van der Waals surface area contributed by atoms with Crippen molar-refractivity contribution in [2.24, 2.45) is 0 Å². The van der Waals surface area contributed by atoms with E-state index in [0.717, 1.165) is 0 Å². The maximum absolute atomic E-state index is 11.3. The van der Waals surface area contributed by atoms with Crippen LogP contribution in [0.2, 0.25) is 0 Å². The van der Waals surface area contributed by atoms with Crippen LogP contribution in [0.4, 0.5) is 0 Å². The Morgan fingerprint density at radius 2 is 1.88 bits per heavy atom. The molecule has 0 spiro atoms. The third-order valence-electron chi connectivity index (χ3n) is 2.01. The first kappa shape index (κ1) is 13.0. The van der Waals surface area contributed by atoms with E-state index in [1.165, 1.54) is 7.05 Å². The molecule has 0 bridgehead atoms. The fraction of sp³-hybridized carbons (Fsp3) is 0.333. The molecule has 0 fully saturated rings. The van der Waals surface area contributed by atoms with Crippen LogP contribution >= 0.6 is 0 Å². The van der Waals surface area contributed by atoms with E-state index in [0.29, 0.717) is 17.9 Å². The minimum Gasteiger partial charge on any atom is -0.484 e. The van der Waals surface area contributed by atoms with Crippen LogP contribution in [0, 0.1) is 0 Å². The van der Waals surface area contributed by atoms with Crippen LogP contribution in [-0.2, 0) is 9.53 Å². The number of ether oxygens (including phenoxy) is 2. The number of hydrogen-bond donors (Lipinski definition) is 1. The first-order valence-electron chi connectivity index (χ1n) is 5.28. The Labute approximate surface area is 99.7 Å². The number of likely N-dealkylation sites (N-methyl/N-ethyl adjacent to an activating group) is 1. The van der Waals surface area contributed by atoms with Gasteiger partial charge in [0.25, 0.3) is 5.91 Å². The van der Waals surface area contributed by atoms with Crippen molar-refractivity contribution >= 4 is 11.9 Å². The summed E-state index contributed by atoms with van der Waals surface area (Å²) < 4.78 is 10.0. The average molecular weight is 237 g/mol. The van der Waals surface area contributed by atoms with Gasteiger partial charge >= 0.3 is 5.97 Å². The van der Waals surface area contributed by atoms with E-state index < -0.39 is 0 Å². The molecule has 1 aromatic rings. The molecule has 5 heteroatoms. The molecule has 0 unspecified atom stereocenters. The molecule has 0 heterocycles. The highest BCUT2D eigenvalue weighted by Gasteiger charge is 2.06. The normalized spacial score (nSPS) is 9.53. The minimum absolute atomic E-state index is 0.0464. The predicted molar refractivity (Wildman–Crippen MR) is 62.0 cm³/mol. The molecule has 0 aliphatic heterocycles. The summed E-state index contributed by atoms with van der Waals surface area (Å²) in [5, 5.41) is 2.44. The number of amides is 1. The second-order valence-electron chi connectivity index (χ2n) is 3.21. The van der Waals surface area contributed by atoms with Gasteiger partial charge in [0.2, 0.25) is 0 Å². The van der Waals surface area contributed by atoms with Crippen LogP contribution in [-0.4, -0.2) is 32.1 Å². The molecule has 17 heavy (non-hydrogen) atoms. The molecule has 1 amide bonds. The second kappa shape index (κ2) is 6.52. The molecule has 0 radical (unpaired) electrons. The molecular formula is C12H15NO4. The predicted octanol–water partition coefficient (Wildman–Crippen LogP) is 0.988. The van der Waals surface area contributed by atoms with Crippen molar-refractivity contribution in [2.45, 2.75) is 6.92 Å². The van der Waals surface area contributed by atoms with E-state index in [9.17, 15) is 9.59 Å². The van der Waals surface area contributed by atoms with E-state index in [4.69, 9.17) is 9.47 Å². The second-order valence-corrected chi connectivity index (χ2v) is 3.21. The minimum atomic E-state index is -0.370. The summed E-state index contributed by atoms with van der Waals surface area (Å²) >= 11 is 0. The number of carbonyl (C=O) groups is 2. The average Bonchev–Trinajstić information content (AvgIpc) is 2.36. The lowest BCUT2D eigenvalue weighted by molar-refractivity contribution is -0.122. The maximum Gasteiger partial charge on any atom is 0.338 e. The lowest BCUT2D eigenvalue weighted by atomic mass is 10.2. The molecule has 1 rings (SSSR count). The number of rotatable bonds is 5. The fourth-order valence-corrected chi connectivity index (χ4v) is 1.12. The van der Waals surface area contributed by atoms with Crippen LogP contribution < -0.4 is 10.1 Å². The van der Waals surface area contributed by atoms with Crippen LogP contribution in [0.15, 0.2) is 24.3 Å². The largest absolute Gasteiger partial charge is 0.484 e. The summed E-state index contributed by atoms with van der Waals surface area (Å²) in [5.74, 6) is -0.0496. The van der Waals surface area contributed by atoms with E-state index in [1.54, 1.807) is 31.2 Å². The number of nitrogens with one attached hydrogen (secondary N) is 1. The third-order valence-corrected chi connectivity index (χ3v) is 2.01. The van der Waals surface area contributed by atoms with E-state index in [1.807, 2.05) is 0 Å². The monoisotopic (exact) mass is 237 g/mol. The van der Waals surface area contributed by atoms with Gasteiger partial charge in [-0.3, -0.25) is 4.79 Å². The van der Waals surface area contributed by atoms with Gasteiger partial charge in [-0.15, -0.1) is 0 Å². The van der Waals surface area contributed by atoms with Crippen molar-refractivity contribution in [1.82, 2.24) is 5.32 Å². The highest BCUT2D eigenvalue weighted by Crippen LogP contribution is 2.12. The molecule has 0 saturated carbocycles. The molecule has 1 aromatic carbocycles. The highest BCUT2D eigenvalue weighted by atomic mass is 16.5. The van der Waals surface area contributed by atoms with Crippen molar-refractivity contribution in [1.29, 1.82) is 0 Å². The lowest BCUT2D eigenvalue weighted by Gasteiger charge is -2.06. The van der Waals surface area contributed by atoms with Crippen LogP contribution in [0.25, 0.3) is 0 Å². The van der Waals surface area contributed by atoms with Gasteiger partial charge in [0.1, 0.15) is 5.75 Å². The lowest BCUT2D eigenvalue weighted by Crippen LogP contribution is -2.24. The summed E-state index contributed by atoms with van der Waals surface area (Å²) in [7, 11) is 1.54. The SMILES string of the molecule is CCOC(=O)c1ccc(OCC(=O)NC)cc1. The first-order valence-corrected chi connectivity index (χ1v) is 5.28. The molecule has 0 aliphatic rings. The number of carbonyl (C=O) groups excluding carboxylic acids is 2. The molecule has 1 N–H and O–H groups in total. The van der Waals surface area contributed by atoms with Crippen LogP contribution in [0.5, 0.6) is 5.75 Å². The molecular weight excluding hydrogens is 222 g/mol. The summed E-state index contributed by atoms with van der Waals surface area (Å²) in [6.07, 6.45) is 0. The van der Waals surface area contributed by atoms with Gasteiger partial charge in [-0.05, 0) is 31.2 Å². The van der Waals surface area contributed by atoms with Crippen molar-refractivity contribution in [3.63, 3.8) is 0 Å². The molecule has 0 aliphatic carbocycles. The standard InChI is InChI=1S/C12H15NO4/c1-3-16-12(15)9-4-6-10(7-5-9)17-8-11(14)13-2/h4-7H,3,8H2,1-2H3,(H,13,14). The van der Waals surface area contributed by atoms with Gasteiger partial charge in [0, 0.05) is 7.05 Å². The summed E-state index contributed by atoms with van der Waals surface area (Å²) in [6.45, 7) is 2.04. The van der Waals surface area contributed by atoms with Crippen molar-refractivity contribution in [2.75, 3.05) is 20.3 Å². The van der Waals surface area contributed by atoms with Gasteiger partial charge in [0.05, 0.1) is 12.2 Å². The first-order chi connectivity index (χ1) is 8.17. The zero-order valence-electron chi connectivity index (χ0n) is 9.86. The van der Waals surface area contributed by atoms with Gasteiger partial charge in [0.15, 0.2) is 6.61 Å². The van der Waals surface area contributed by atoms with E-state index in [-0.39, 0.29) is 18.5 Å². The molecule has 5 nitrogen and oxygen atoms in total. The quantitative estimate of drug-likeness (QED) is 0.775. The van der Waals surface area contributed by atoms with Crippen LogP contribution in [0.3, 0.4) is 0 Å². The number of esters is 1. The Kier molecular flexibility index (Phi) is 5.00. The van der Waals surface area contributed by atoms with Crippen molar-refractivity contribution in [3.05, 3.63) is 29.8 Å². The number of benzene rings is 1. The summed E-state index contributed by atoms with van der Waals surface area (Å²) in [5.41, 5.74) is 0.458. The maximum atomic E-state index is 11.3. The zero-order valence-corrected chi connectivity index (χ0v) is 9.86. The van der Waals surface area contributed by atoms with Crippen LogP contribution in [0.1, 0.15) is 17.3 Å². The highest BCUT2D eigenvalue weighted by molar-refractivity contribution is 5.89. The molecule has 0 aromatic heterocycles.